The standard InChI is InChI=1S/C32H47NO11/c1-33-30-6-4-26(43-22-20-41-18-16-39-14-12-37-10-8-35-2)24-28(30)32(34)29-25-27(5-7-31(29)33)44-23-21-42-19-17-40-15-13-38-11-9-36-3/h4-7,24-25H,8-23H2,1-3H3. The molecule has 12 nitrogen and oxygen atoms in total. The van der Waals surface area contributed by atoms with Crippen LogP contribution in [-0.4, -0.2) is 124 Å². The van der Waals surface area contributed by atoms with Crippen LogP contribution in [0.25, 0.3) is 21.8 Å². The van der Waals surface area contributed by atoms with Crippen LogP contribution in [0.1, 0.15) is 0 Å². The molecular formula is C32H47NO11. The first-order valence-corrected chi connectivity index (χ1v) is 14.9. The van der Waals surface area contributed by atoms with Crippen molar-refractivity contribution in [2.75, 3.05) is 120 Å². The highest BCUT2D eigenvalue weighted by atomic mass is 16.6. The first-order chi connectivity index (χ1) is 21.7. The van der Waals surface area contributed by atoms with E-state index < -0.39 is 0 Å². The molecular weight excluding hydrogens is 574 g/mol. The molecule has 1 heterocycles. The third kappa shape index (κ3) is 12.7. The van der Waals surface area contributed by atoms with E-state index in [0.29, 0.717) is 128 Å². The Kier molecular flexibility index (Phi) is 17.7. The Bertz CT molecular complexity index is 1170. The summed E-state index contributed by atoms with van der Waals surface area (Å²) < 4.78 is 56.3. The monoisotopic (exact) mass is 621 g/mol. The largest absolute Gasteiger partial charge is 0.491 e. The van der Waals surface area contributed by atoms with Crippen LogP contribution >= 0.6 is 0 Å². The van der Waals surface area contributed by atoms with Gasteiger partial charge < -0.3 is 51.9 Å². The Morgan fingerprint density at radius 3 is 1.14 bits per heavy atom. The topological polar surface area (TPSA) is 114 Å². The SMILES string of the molecule is COCCOCCOCCOCCOc1ccc2c(c1)c(=O)c1cc(OCCOCCOCCOCCOC)ccc1n2C. The molecule has 0 N–H and O–H groups in total. The van der Waals surface area contributed by atoms with E-state index in [1.165, 1.54) is 0 Å². The molecule has 3 rings (SSSR count). The Hall–Kier alpha value is -2.81. The van der Waals surface area contributed by atoms with Gasteiger partial charge in [0, 0.05) is 32.0 Å². The summed E-state index contributed by atoms with van der Waals surface area (Å²) in [7, 11) is 5.22. The predicted molar refractivity (Wildman–Crippen MR) is 166 cm³/mol. The Morgan fingerprint density at radius 2 is 0.795 bits per heavy atom. The lowest BCUT2D eigenvalue weighted by Gasteiger charge is -2.14. The van der Waals surface area contributed by atoms with Crippen LogP contribution in [-0.2, 0) is 44.9 Å². The van der Waals surface area contributed by atoms with E-state index in [1.54, 1.807) is 26.4 Å². The summed E-state index contributed by atoms with van der Waals surface area (Å²) in [5.74, 6) is 1.21. The number of ether oxygens (including phenoxy) is 10. The number of fused-ring (bicyclic) bond motifs is 2. The zero-order chi connectivity index (χ0) is 31.2. The van der Waals surface area contributed by atoms with Crippen LogP contribution < -0.4 is 14.9 Å². The molecule has 246 valence electrons. The molecule has 0 spiro atoms. The van der Waals surface area contributed by atoms with Gasteiger partial charge in [0.15, 0.2) is 5.43 Å². The smallest absolute Gasteiger partial charge is 0.197 e. The van der Waals surface area contributed by atoms with Gasteiger partial charge in [-0.1, -0.05) is 0 Å². The minimum Gasteiger partial charge on any atom is -0.491 e. The van der Waals surface area contributed by atoms with Gasteiger partial charge in [0.25, 0.3) is 0 Å². The summed E-state index contributed by atoms with van der Waals surface area (Å²) in [5, 5.41) is 1.15. The fraction of sp³-hybridized carbons (Fsp3) is 0.594. The summed E-state index contributed by atoms with van der Waals surface area (Å²) in [5.41, 5.74) is 1.56. The number of methoxy groups -OCH3 is 2. The van der Waals surface area contributed by atoms with Crippen LogP contribution in [0.4, 0.5) is 0 Å². The number of pyridine rings is 1. The maximum Gasteiger partial charge on any atom is 0.197 e. The lowest BCUT2D eigenvalue weighted by molar-refractivity contribution is 0.000167. The average molecular weight is 622 g/mol. The minimum absolute atomic E-state index is 0.0804. The minimum atomic E-state index is -0.0804. The molecule has 0 atom stereocenters. The molecule has 0 radical (unpaired) electrons. The molecule has 0 aliphatic rings. The Labute approximate surface area is 258 Å². The van der Waals surface area contributed by atoms with Crippen molar-refractivity contribution in [1.29, 1.82) is 0 Å². The number of aryl methyl sites for hydroxylation is 1. The first kappa shape index (κ1) is 35.7. The van der Waals surface area contributed by atoms with E-state index in [0.717, 1.165) is 11.0 Å². The molecule has 0 unspecified atom stereocenters. The van der Waals surface area contributed by atoms with Crippen LogP contribution in [0.5, 0.6) is 11.5 Å². The summed E-state index contributed by atoms with van der Waals surface area (Å²) >= 11 is 0. The highest BCUT2D eigenvalue weighted by Gasteiger charge is 2.11. The molecule has 44 heavy (non-hydrogen) atoms. The van der Waals surface area contributed by atoms with Crippen LogP contribution in [0.15, 0.2) is 41.2 Å². The third-order valence-electron chi connectivity index (χ3n) is 6.49. The average Bonchev–Trinajstić information content (AvgIpc) is 3.04. The number of hydrogen-bond donors (Lipinski definition) is 0. The van der Waals surface area contributed by atoms with Crippen molar-refractivity contribution in [3.8, 4) is 11.5 Å². The Morgan fingerprint density at radius 1 is 0.477 bits per heavy atom. The van der Waals surface area contributed by atoms with Gasteiger partial charge in [0.05, 0.1) is 104 Å². The maximum atomic E-state index is 13.5. The van der Waals surface area contributed by atoms with Gasteiger partial charge in [0.2, 0.25) is 0 Å². The van der Waals surface area contributed by atoms with Crippen LogP contribution in [0, 0.1) is 0 Å². The highest BCUT2D eigenvalue weighted by Crippen LogP contribution is 2.25. The number of nitrogens with zero attached hydrogens (tertiary/aromatic N) is 1. The van der Waals surface area contributed by atoms with Crippen molar-refractivity contribution in [2.24, 2.45) is 7.05 Å². The predicted octanol–water partition coefficient (Wildman–Crippen LogP) is 2.84. The van der Waals surface area contributed by atoms with Crippen molar-refractivity contribution >= 4 is 21.8 Å². The second-order valence-corrected chi connectivity index (χ2v) is 9.60. The molecule has 2 aromatic carbocycles. The fourth-order valence-corrected chi connectivity index (χ4v) is 4.24. The van der Waals surface area contributed by atoms with E-state index in [1.807, 2.05) is 35.9 Å². The van der Waals surface area contributed by atoms with Gasteiger partial charge in [-0.25, -0.2) is 0 Å². The molecule has 12 heteroatoms. The summed E-state index contributed by atoms with van der Waals surface area (Å²) in [6, 6.07) is 11.1. The third-order valence-corrected chi connectivity index (χ3v) is 6.49. The van der Waals surface area contributed by atoms with E-state index >= 15 is 0 Å². The van der Waals surface area contributed by atoms with Crippen LogP contribution in [0.2, 0.25) is 0 Å². The van der Waals surface area contributed by atoms with Crippen molar-refractivity contribution in [1.82, 2.24) is 4.57 Å². The van der Waals surface area contributed by atoms with E-state index in [4.69, 9.17) is 47.4 Å². The van der Waals surface area contributed by atoms with E-state index in [9.17, 15) is 4.79 Å². The molecule has 0 saturated carbocycles. The van der Waals surface area contributed by atoms with Gasteiger partial charge in [-0.05, 0) is 36.4 Å². The number of aromatic nitrogens is 1. The van der Waals surface area contributed by atoms with Crippen molar-refractivity contribution in [2.45, 2.75) is 0 Å². The second-order valence-electron chi connectivity index (χ2n) is 9.60. The summed E-state index contributed by atoms with van der Waals surface area (Å²) in [6.45, 7) is 7.73. The quantitative estimate of drug-likeness (QED) is 0.0974. The van der Waals surface area contributed by atoms with Gasteiger partial charge in [-0.3, -0.25) is 4.79 Å². The molecule has 0 aliphatic carbocycles. The van der Waals surface area contributed by atoms with Gasteiger partial charge >= 0.3 is 0 Å². The molecule has 0 aliphatic heterocycles. The Balaban J connectivity index is 1.40. The van der Waals surface area contributed by atoms with Crippen LogP contribution in [0.3, 0.4) is 0 Å². The first-order valence-electron chi connectivity index (χ1n) is 14.9. The molecule has 0 saturated heterocycles. The molecule has 0 amide bonds. The lowest BCUT2D eigenvalue weighted by Crippen LogP contribution is -2.14. The number of benzene rings is 2. The zero-order valence-corrected chi connectivity index (χ0v) is 26.2. The zero-order valence-electron chi connectivity index (χ0n) is 26.2. The molecule has 3 aromatic rings. The van der Waals surface area contributed by atoms with E-state index in [2.05, 4.69) is 0 Å². The summed E-state index contributed by atoms with van der Waals surface area (Å²) in [6.07, 6.45) is 0. The normalized spacial score (nSPS) is 11.5. The maximum absolute atomic E-state index is 13.5. The fourth-order valence-electron chi connectivity index (χ4n) is 4.24. The number of hydrogen-bond acceptors (Lipinski definition) is 11. The lowest BCUT2D eigenvalue weighted by atomic mass is 10.1. The molecule has 0 fully saturated rings. The highest BCUT2D eigenvalue weighted by molar-refractivity contribution is 5.94. The van der Waals surface area contributed by atoms with E-state index in [-0.39, 0.29) is 5.43 Å². The van der Waals surface area contributed by atoms with Crippen molar-refractivity contribution < 1.29 is 47.4 Å². The summed E-state index contributed by atoms with van der Waals surface area (Å²) in [4.78, 5) is 13.5. The molecule has 0 bridgehead atoms. The second kappa shape index (κ2) is 21.8. The molecule has 1 aromatic heterocycles. The van der Waals surface area contributed by atoms with Gasteiger partial charge in [0.1, 0.15) is 24.7 Å². The van der Waals surface area contributed by atoms with Crippen molar-refractivity contribution in [3.63, 3.8) is 0 Å². The number of rotatable bonds is 26. The van der Waals surface area contributed by atoms with Gasteiger partial charge in [-0.2, -0.15) is 0 Å². The van der Waals surface area contributed by atoms with Gasteiger partial charge in [-0.15, -0.1) is 0 Å². The van der Waals surface area contributed by atoms with Crippen molar-refractivity contribution in [3.05, 3.63) is 46.6 Å².